The van der Waals surface area contributed by atoms with Crippen LogP contribution in [0.1, 0.15) is 27.9 Å². The Morgan fingerprint density at radius 3 is 2.35 bits per heavy atom. The van der Waals surface area contributed by atoms with Crippen molar-refractivity contribution in [3.05, 3.63) is 100 Å². The second kappa shape index (κ2) is 12.1. The fourth-order valence-electron chi connectivity index (χ4n) is 4.62. The number of aliphatic carboxylic acids is 1. The first-order chi connectivity index (χ1) is 17.8. The zero-order chi connectivity index (χ0) is 26.4. The molecule has 37 heavy (non-hydrogen) atoms. The average Bonchev–Trinajstić information content (AvgIpc) is 2.90. The lowest BCUT2D eigenvalue weighted by molar-refractivity contribution is -0.138. The second-order valence-electron chi connectivity index (χ2n) is 9.33. The van der Waals surface area contributed by atoms with Crippen LogP contribution in [0.4, 0.5) is 10.5 Å². The number of carboxylic acid groups (broad SMARTS) is 1. The number of amides is 3. The molecular weight excluding hydrogens is 534 g/mol. The fraction of sp³-hybridized carbons (Fsp3) is 0.276. The van der Waals surface area contributed by atoms with E-state index in [-0.39, 0.29) is 30.8 Å². The van der Waals surface area contributed by atoms with Gasteiger partial charge < -0.3 is 14.9 Å². The standard InChI is InChI=1S/C29H30BrN3O4/c1-31(16-15-21-7-3-2-4-8-21)28(36)26-10-6-5-9-23(26)20-32-18-22(17-27(34)35)19-33(29(32)37)25-13-11-24(30)12-14-25/h2-14,22H,15-20H2,1H3,(H,34,35). The van der Waals surface area contributed by atoms with Crippen molar-refractivity contribution < 1.29 is 19.5 Å². The number of anilines is 1. The molecule has 8 heteroatoms. The van der Waals surface area contributed by atoms with Gasteiger partial charge in [-0.15, -0.1) is 0 Å². The van der Waals surface area contributed by atoms with E-state index in [0.717, 1.165) is 22.0 Å². The molecule has 3 amide bonds. The number of hydrogen-bond acceptors (Lipinski definition) is 3. The molecule has 3 aromatic carbocycles. The predicted octanol–water partition coefficient (Wildman–Crippen LogP) is 5.30. The van der Waals surface area contributed by atoms with Gasteiger partial charge in [-0.1, -0.05) is 64.5 Å². The van der Waals surface area contributed by atoms with Gasteiger partial charge in [0.25, 0.3) is 5.91 Å². The van der Waals surface area contributed by atoms with Crippen LogP contribution in [-0.2, 0) is 17.8 Å². The van der Waals surface area contributed by atoms with Crippen molar-refractivity contribution in [1.29, 1.82) is 0 Å². The number of carbonyl (C=O) groups is 3. The van der Waals surface area contributed by atoms with Gasteiger partial charge in [0.1, 0.15) is 0 Å². The van der Waals surface area contributed by atoms with Crippen molar-refractivity contribution in [3.8, 4) is 0 Å². The van der Waals surface area contributed by atoms with Gasteiger partial charge in [0.15, 0.2) is 0 Å². The van der Waals surface area contributed by atoms with Gasteiger partial charge in [-0.25, -0.2) is 4.79 Å². The Balaban J connectivity index is 1.53. The SMILES string of the molecule is CN(CCc1ccccc1)C(=O)c1ccccc1CN1CC(CC(=O)O)CN(c2ccc(Br)cc2)C1=O. The minimum atomic E-state index is -0.898. The smallest absolute Gasteiger partial charge is 0.324 e. The highest BCUT2D eigenvalue weighted by Crippen LogP contribution is 2.27. The molecule has 0 aromatic heterocycles. The van der Waals surface area contributed by atoms with Crippen LogP contribution in [0.25, 0.3) is 0 Å². The monoisotopic (exact) mass is 563 g/mol. The molecule has 1 saturated heterocycles. The van der Waals surface area contributed by atoms with E-state index in [1.54, 1.807) is 27.8 Å². The zero-order valence-electron chi connectivity index (χ0n) is 20.7. The molecule has 1 aliphatic rings. The summed E-state index contributed by atoms with van der Waals surface area (Å²) in [5.41, 5.74) is 3.14. The molecule has 0 radical (unpaired) electrons. The van der Waals surface area contributed by atoms with Crippen molar-refractivity contribution >= 4 is 39.5 Å². The number of benzene rings is 3. The Morgan fingerprint density at radius 2 is 1.65 bits per heavy atom. The average molecular weight is 564 g/mol. The van der Waals surface area contributed by atoms with Gasteiger partial charge in [0.2, 0.25) is 0 Å². The van der Waals surface area contributed by atoms with Crippen LogP contribution in [0, 0.1) is 5.92 Å². The molecule has 1 fully saturated rings. The maximum absolute atomic E-state index is 13.5. The number of carbonyl (C=O) groups excluding carboxylic acids is 2. The van der Waals surface area contributed by atoms with Crippen LogP contribution in [0.15, 0.2) is 83.3 Å². The maximum Gasteiger partial charge on any atom is 0.324 e. The molecule has 0 bridgehead atoms. The summed E-state index contributed by atoms with van der Waals surface area (Å²) in [4.78, 5) is 43.4. The van der Waals surface area contributed by atoms with Gasteiger partial charge in [0, 0.05) is 54.9 Å². The Morgan fingerprint density at radius 1 is 0.973 bits per heavy atom. The highest BCUT2D eigenvalue weighted by Gasteiger charge is 2.34. The Labute approximate surface area is 225 Å². The maximum atomic E-state index is 13.5. The third-order valence-corrected chi connectivity index (χ3v) is 7.09. The molecule has 192 valence electrons. The third-order valence-electron chi connectivity index (χ3n) is 6.56. The number of halogens is 1. The fourth-order valence-corrected chi connectivity index (χ4v) is 4.89. The Hall–Kier alpha value is -3.65. The van der Waals surface area contributed by atoms with E-state index in [9.17, 15) is 19.5 Å². The lowest BCUT2D eigenvalue weighted by Crippen LogP contribution is -2.53. The van der Waals surface area contributed by atoms with E-state index in [1.165, 1.54) is 0 Å². The summed E-state index contributed by atoms with van der Waals surface area (Å²) >= 11 is 3.42. The summed E-state index contributed by atoms with van der Waals surface area (Å²) in [6.07, 6.45) is 0.703. The summed E-state index contributed by atoms with van der Waals surface area (Å²) in [6, 6.07) is 24.5. The first-order valence-electron chi connectivity index (χ1n) is 12.2. The van der Waals surface area contributed by atoms with Crippen molar-refractivity contribution in [3.63, 3.8) is 0 Å². The van der Waals surface area contributed by atoms with Crippen molar-refractivity contribution in [1.82, 2.24) is 9.80 Å². The molecule has 1 heterocycles. The minimum absolute atomic E-state index is 0.0421. The molecule has 1 aliphatic heterocycles. The van der Waals surface area contributed by atoms with E-state index in [1.807, 2.05) is 72.8 Å². The molecule has 4 rings (SSSR count). The molecule has 1 unspecified atom stereocenters. The van der Waals surface area contributed by atoms with Crippen LogP contribution < -0.4 is 4.90 Å². The highest BCUT2D eigenvalue weighted by molar-refractivity contribution is 9.10. The number of nitrogens with zero attached hydrogens (tertiary/aromatic N) is 3. The predicted molar refractivity (Wildman–Crippen MR) is 147 cm³/mol. The number of urea groups is 1. The van der Waals surface area contributed by atoms with Crippen LogP contribution in [0.3, 0.4) is 0 Å². The molecular formula is C29H30BrN3O4. The highest BCUT2D eigenvalue weighted by atomic mass is 79.9. The lowest BCUT2D eigenvalue weighted by atomic mass is 9.99. The van der Waals surface area contributed by atoms with Crippen molar-refractivity contribution in [2.24, 2.45) is 5.92 Å². The molecule has 0 aliphatic carbocycles. The van der Waals surface area contributed by atoms with Crippen molar-refractivity contribution in [2.75, 3.05) is 31.6 Å². The van der Waals surface area contributed by atoms with E-state index in [2.05, 4.69) is 15.9 Å². The summed E-state index contributed by atoms with van der Waals surface area (Å²) < 4.78 is 0.892. The third kappa shape index (κ3) is 6.77. The number of likely N-dealkylation sites (N-methyl/N-ethyl adjacent to an activating group) is 1. The molecule has 0 spiro atoms. The molecule has 1 atom stereocenters. The van der Waals surface area contributed by atoms with Crippen molar-refractivity contribution in [2.45, 2.75) is 19.4 Å². The second-order valence-corrected chi connectivity index (χ2v) is 10.2. The van der Waals surface area contributed by atoms with Gasteiger partial charge in [0.05, 0.1) is 6.42 Å². The van der Waals surface area contributed by atoms with E-state index >= 15 is 0 Å². The van der Waals surface area contributed by atoms with Crippen LogP contribution in [0.2, 0.25) is 0 Å². The molecule has 3 aromatic rings. The summed E-state index contributed by atoms with van der Waals surface area (Å²) in [7, 11) is 1.78. The van der Waals surface area contributed by atoms with Gasteiger partial charge in [-0.3, -0.25) is 14.5 Å². The Bertz CT molecular complexity index is 1250. The van der Waals surface area contributed by atoms with E-state index in [4.69, 9.17) is 0 Å². The van der Waals surface area contributed by atoms with Gasteiger partial charge in [-0.05, 0) is 47.9 Å². The van der Waals surface area contributed by atoms with Crippen LogP contribution in [0.5, 0.6) is 0 Å². The van der Waals surface area contributed by atoms with Gasteiger partial charge >= 0.3 is 12.0 Å². The Kier molecular flexibility index (Phi) is 8.61. The molecule has 1 N–H and O–H groups in total. The minimum Gasteiger partial charge on any atom is -0.481 e. The number of hydrogen-bond donors (Lipinski definition) is 1. The summed E-state index contributed by atoms with van der Waals surface area (Å²) in [5, 5.41) is 9.43. The quantitative estimate of drug-likeness (QED) is 0.383. The van der Waals surface area contributed by atoms with Gasteiger partial charge in [-0.2, -0.15) is 0 Å². The van der Waals surface area contributed by atoms with Crippen LogP contribution >= 0.6 is 15.9 Å². The first kappa shape index (κ1) is 26.4. The normalized spacial score (nSPS) is 15.5. The number of rotatable bonds is 9. The topological polar surface area (TPSA) is 81.2 Å². The summed E-state index contributed by atoms with van der Waals surface area (Å²) in [6.45, 7) is 1.42. The molecule has 7 nitrogen and oxygen atoms in total. The van der Waals surface area contributed by atoms with E-state index in [0.29, 0.717) is 30.9 Å². The molecule has 0 saturated carbocycles. The largest absolute Gasteiger partial charge is 0.481 e. The first-order valence-corrected chi connectivity index (χ1v) is 13.0. The van der Waals surface area contributed by atoms with Crippen LogP contribution in [-0.4, -0.2) is 59.5 Å². The summed E-state index contributed by atoms with van der Waals surface area (Å²) in [5.74, 6) is -1.25. The number of carboxylic acids is 1. The zero-order valence-corrected chi connectivity index (χ0v) is 22.3. The lowest BCUT2D eigenvalue weighted by Gasteiger charge is -2.40. The van der Waals surface area contributed by atoms with E-state index < -0.39 is 5.97 Å².